The summed E-state index contributed by atoms with van der Waals surface area (Å²) in [5.74, 6) is 7.13. The number of aromatic nitrogens is 2. The van der Waals surface area contributed by atoms with Crippen molar-refractivity contribution in [2.75, 3.05) is 18.4 Å². The average Bonchev–Trinajstić information content (AvgIpc) is 2.90. The van der Waals surface area contributed by atoms with E-state index in [4.69, 9.17) is 10.5 Å². The molecule has 0 unspecified atom stereocenters. The van der Waals surface area contributed by atoms with Crippen molar-refractivity contribution in [2.45, 2.75) is 13.0 Å². The highest BCUT2D eigenvalue weighted by atomic mass is 19.1. The highest BCUT2D eigenvalue weighted by Crippen LogP contribution is 2.40. The molecule has 7 nitrogen and oxygen atoms in total. The summed E-state index contributed by atoms with van der Waals surface area (Å²) in [7, 11) is 0. The van der Waals surface area contributed by atoms with Crippen LogP contribution in [0.2, 0.25) is 0 Å². The first-order valence-corrected chi connectivity index (χ1v) is 11.6. The van der Waals surface area contributed by atoms with Crippen molar-refractivity contribution < 1.29 is 9.13 Å². The summed E-state index contributed by atoms with van der Waals surface area (Å²) in [4.78, 5) is 16.9. The molecule has 0 aliphatic carbocycles. The molecule has 4 N–H and O–H groups in total. The van der Waals surface area contributed by atoms with Crippen LogP contribution in [0, 0.1) is 17.7 Å². The van der Waals surface area contributed by atoms with E-state index >= 15 is 0 Å². The second kappa shape index (κ2) is 10.4. The number of hydrogen-bond donors (Lipinski definition) is 3. The Morgan fingerprint density at radius 2 is 1.75 bits per heavy atom. The second-order valence-electron chi connectivity index (χ2n) is 8.29. The van der Waals surface area contributed by atoms with Crippen molar-refractivity contribution in [3.63, 3.8) is 0 Å². The Labute approximate surface area is 207 Å². The number of ether oxygens (including phenoxy) is 1. The number of rotatable bonds is 6. The summed E-state index contributed by atoms with van der Waals surface area (Å²) in [6.07, 6.45) is 2.56. The smallest absolute Gasteiger partial charge is 0.354 e. The summed E-state index contributed by atoms with van der Waals surface area (Å²) in [5, 5.41) is 6.49. The minimum absolute atomic E-state index is 0.300. The predicted octanol–water partition coefficient (Wildman–Crippen LogP) is 4.06. The van der Waals surface area contributed by atoms with Crippen molar-refractivity contribution >= 4 is 11.5 Å². The summed E-state index contributed by atoms with van der Waals surface area (Å²) >= 11 is 0. The van der Waals surface area contributed by atoms with Gasteiger partial charge in [0.25, 0.3) is 0 Å². The minimum atomic E-state index is -0.413. The second-order valence-corrected chi connectivity index (χ2v) is 8.29. The van der Waals surface area contributed by atoms with E-state index in [1.807, 2.05) is 42.5 Å². The summed E-state index contributed by atoms with van der Waals surface area (Å²) in [5.41, 5.74) is 9.04. The lowest BCUT2D eigenvalue weighted by molar-refractivity contribution is 0.472. The number of anilines is 2. The van der Waals surface area contributed by atoms with Crippen LogP contribution in [0.3, 0.4) is 0 Å². The van der Waals surface area contributed by atoms with E-state index in [0.29, 0.717) is 40.8 Å². The molecule has 4 aromatic rings. The topological polar surface area (TPSA) is 94.2 Å². The van der Waals surface area contributed by atoms with Gasteiger partial charge in [-0.25, -0.2) is 9.18 Å². The molecule has 3 aromatic carbocycles. The Morgan fingerprint density at radius 3 is 2.53 bits per heavy atom. The van der Waals surface area contributed by atoms with E-state index in [1.165, 1.54) is 16.7 Å². The Kier molecular flexibility index (Phi) is 6.76. The highest BCUT2D eigenvalue weighted by Gasteiger charge is 2.20. The number of nitrogens with zero attached hydrogens (tertiary/aromatic N) is 2. The lowest BCUT2D eigenvalue weighted by atomic mass is 10.1. The van der Waals surface area contributed by atoms with Crippen molar-refractivity contribution in [1.29, 1.82) is 0 Å². The molecule has 0 spiro atoms. The van der Waals surface area contributed by atoms with E-state index in [-0.39, 0.29) is 5.82 Å². The molecule has 0 atom stereocenters. The number of benzene rings is 3. The van der Waals surface area contributed by atoms with E-state index in [1.54, 1.807) is 18.3 Å². The van der Waals surface area contributed by atoms with E-state index in [2.05, 4.69) is 27.5 Å². The fraction of sp³-hybridized carbons (Fsp3) is 0.143. The maximum absolute atomic E-state index is 13.1. The third-order valence-electron chi connectivity index (χ3n) is 5.64. The predicted molar refractivity (Wildman–Crippen MR) is 137 cm³/mol. The zero-order valence-electron chi connectivity index (χ0n) is 19.4. The van der Waals surface area contributed by atoms with Crippen LogP contribution in [0.4, 0.5) is 15.9 Å². The summed E-state index contributed by atoms with van der Waals surface area (Å²) in [6.45, 7) is 2.25. The molecule has 8 heteroatoms. The molecule has 2 heterocycles. The molecule has 5 rings (SSSR count). The Bertz CT molecular complexity index is 1500. The first-order valence-electron chi connectivity index (χ1n) is 11.6. The first kappa shape index (κ1) is 23.3. The zero-order chi connectivity index (χ0) is 24.9. The number of fused-ring (bicyclic) bond motifs is 2. The normalized spacial score (nSPS) is 11.4. The van der Waals surface area contributed by atoms with Gasteiger partial charge in [-0.15, -0.1) is 0 Å². The maximum Gasteiger partial charge on any atom is 0.354 e. The SMILES string of the molecule is NCCCNCc1ccc(-n2cc3c(nc2=O)Nc2ccc(C#Cc4ccc(F)cc4)cc2O3)cc1. The summed E-state index contributed by atoms with van der Waals surface area (Å²) < 4.78 is 20.6. The van der Waals surface area contributed by atoms with Gasteiger partial charge < -0.3 is 21.1 Å². The van der Waals surface area contributed by atoms with Gasteiger partial charge in [0.1, 0.15) is 5.82 Å². The molecule has 0 bridgehead atoms. The standard InChI is InChI=1S/C28H24FN5O2/c29-22-9-4-19(5-10-22)2-3-20-8-13-24-25(16-20)36-26-18-34(28(35)33-27(26)32-24)23-11-6-21(7-12-23)17-31-15-1-14-30/h4-13,16,18,31H,1,14-15,17,30H2,(H,32,33,35). The molecular weight excluding hydrogens is 457 g/mol. The number of nitrogens with one attached hydrogen (secondary N) is 2. The Hall–Kier alpha value is -4.45. The monoisotopic (exact) mass is 481 g/mol. The Balaban J connectivity index is 1.35. The molecule has 1 aliphatic heterocycles. The van der Waals surface area contributed by atoms with Crippen molar-refractivity contribution in [2.24, 2.45) is 5.73 Å². The van der Waals surface area contributed by atoms with Crippen LogP contribution >= 0.6 is 0 Å². The van der Waals surface area contributed by atoms with Crippen LogP contribution in [0.5, 0.6) is 11.5 Å². The van der Waals surface area contributed by atoms with Crippen molar-refractivity contribution in [3.8, 4) is 29.0 Å². The molecule has 36 heavy (non-hydrogen) atoms. The Morgan fingerprint density at radius 1 is 1.00 bits per heavy atom. The van der Waals surface area contributed by atoms with Gasteiger partial charge in [-0.05, 0) is 79.7 Å². The van der Waals surface area contributed by atoms with E-state index < -0.39 is 5.69 Å². The van der Waals surface area contributed by atoms with Crippen LogP contribution in [-0.4, -0.2) is 22.6 Å². The van der Waals surface area contributed by atoms with Gasteiger partial charge in [0.2, 0.25) is 0 Å². The zero-order valence-corrected chi connectivity index (χ0v) is 19.4. The van der Waals surface area contributed by atoms with Gasteiger partial charge in [0.15, 0.2) is 17.3 Å². The van der Waals surface area contributed by atoms with Crippen molar-refractivity contribution in [1.82, 2.24) is 14.9 Å². The molecule has 0 saturated carbocycles. The molecule has 180 valence electrons. The third-order valence-corrected chi connectivity index (χ3v) is 5.64. The van der Waals surface area contributed by atoms with Crippen LogP contribution in [0.15, 0.2) is 77.7 Å². The van der Waals surface area contributed by atoms with Crippen LogP contribution in [-0.2, 0) is 6.54 Å². The van der Waals surface area contributed by atoms with Crippen LogP contribution in [0.25, 0.3) is 5.69 Å². The van der Waals surface area contributed by atoms with Gasteiger partial charge in [0, 0.05) is 17.7 Å². The van der Waals surface area contributed by atoms with Crippen LogP contribution in [0.1, 0.15) is 23.1 Å². The molecule has 0 saturated heterocycles. The molecule has 0 fully saturated rings. The number of halogens is 1. The van der Waals surface area contributed by atoms with Gasteiger partial charge in [-0.1, -0.05) is 24.0 Å². The molecule has 1 aliphatic rings. The minimum Gasteiger partial charge on any atom is -0.450 e. The fourth-order valence-electron chi connectivity index (χ4n) is 3.73. The number of hydrogen-bond acceptors (Lipinski definition) is 6. The van der Waals surface area contributed by atoms with Gasteiger partial charge >= 0.3 is 5.69 Å². The molecule has 1 aromatic heterocycles. The van der Waals surface area contributed by atoms with E-state index in [0.717, 1.165) is 30.6 Å². The third kappa shape index (κ3) is 5.28. The van der Waals surface area contributed by atoms with Gasteiger partial charge in [-0.2, -0.15) is 4.98 Å². The van der Waals surface area contributed by atoms with Crippen molar-refractivity contribution in [3.05, 3.63) is 106 Å². The highest BCUT2D eigenvalue weighted by molar-refractivity contribution is 5.73. The lowest BCUT2D eigenvalue weighted by Crippen LogP contribution is -2.23. The first-order chi connectivity index (χ1) is 17.6. The van der Waals surface area contributed by atoms with E-state index in [9.17, 15) is 9.18 Å². The maximum atomic E-state index is 13.1. The fourth-order valence-corrected chi connectivity index (χ4v) is 3.73. The average molecular weight is 482 g/mol. The molecule has 0 radical (unpaired) electrons. The van der Waals surface area contributed by atoms with Gasteiger partial charge in [0.05, 0.1) is 17.6 Å². The number of nitrogens with two attached hydrogens (primary N) is 1. The largest absolute Gasteiger partial charge is 0.450 e. The molecule has 0 amide bonds. The van der Waals surface area contributed by atoms with Gasteiger partial charge in [-0.3, -0.25) is 4.57 Å². The van der Waals surface area contributed by atoms with Crippen LogP contribution < -0.4 is 26.8 Å². The lowest BCUT2D eigenvalue weighted by Gasteiger charge is -2.21. The molecular formula is C28H24FN5O2. The quantitative estimate of drug-likeness (QED) is 0.250. The summed E-state index contributed by atoms with van der Waals surface area (Å²) in [6, 6.07) is 19.2.